The van der Waals surface area contributed by atoms with Gasteiger partial charge in [0.05, 0.1) is 49.2 Å². The fourth-order valence-electron chi connectivity index (χ4n) is 14.9. The lowest BCUT2D eigenvalue weighted by atomic mass is 9.98. The molecule has 0 unspecified atom stereocenters. The molecule has 0 radical (unpaired) electrons. The summed E-state index contributed by atoms with van der Waals surface area (Å²) in [5.41, 5.74) is 26.3. The molecule has 0 N–H and O–H groups in total. The number of hydrogen-bond donors (Lipinski definition) is 0. The largest absolute Gasteiger partial charge is 0.452 e. The topological polar surface area (TPSA) is 121 Å². The summed E-state index contributed by atoms with van der Waals surface area (Å²) < 4.78 is 56.8. The number of benzene rings is 9. The van der Waals surface area contributed by atoms with Crippen LogP contribution in [0.4, 0.5) is 0 Å². The van der Waals surface area contributed by atoms with Gasteiger partial charge in [0.15, 0.2) is 41.5 Å². The summed E-state index contributed by atoms with van der Waals surface area (Å²) in [6.45, 7) is 10.7. The Kier molecular flexibility index (Phi) is 14.9. The maximum Gasteiger partial charge on any atom is 0.299 e. The lowest BCUT2D eigenvalue weighted by Crippen LogP contribution is -2.30. The van der Waals surface area contributed by atoms with E-state index >= 15 is 0 Å². The Morgan fingerprint density at radius 2 is 0.631 bits per heavy atom. The third-order valence-corrected chi connectivity index (χ3v) is 20.2. The lowest BCUT2D eigenvalue weighted by Gasteiger charge is -2.07. The molecule has 0 spiro atoms. The van der Waals surface area contributed by atoms with Crippen molar-refractivity contribution in [2.45, 2.75) is 34.6 Å². The summed E-state index contributed by atoms with van der Waals surface area (Å²) >= 11 is 0. The van der Waals surface area contributed by atoms with Crippen molar-refractivity contribution in [2.24, 2.45) is 28.2 Å². The second-order valence-electron chi connectivity index (χ2n) is 26.9. The second kappa shape index (κ2) is 24.7. The number of rotatable bonds is 5. The Morgan fingerprint density at radius 1 is 0.233 bits per heavy atom. The molecule has 0 saturated carbocycles. The number of fused-ring (bicyclic) bond motifs is 20. The molecule has 0 aliphatic heterocycles. The Balaban J connectivity index is 0.0000000985. The predicted molar refractivity (Wildman–Crippen MR) is 410 cm³/mol. The summed E-state index contributed by atoms with van der Waals surface area (Å²) in [5.74, 6) is 1.78. The van der Waals surface area contributed by atoms with E-state index in [1.165, 1.54) is 55.8 Å². The molecule has 0 aliphatic rings. The highest BCUT2D eigenvalue weighted by molar-refractivity contribution is 6.21. The van der Waals surface area contributed by atoms with Crippen molar-refractivity contribution in [3.63, 3.8) is 0 Å². The first-order chi connectivity index (χ1) is 50.3. The Labute approximate surface area is 590 Å². The monoisotopic (exact) mass is 1350 g/mol. The number of aromatic nitrogens is 4. The van der Waals surface area contributed by atoms with E-state index in [4.69, 9.17) is 35.3 Å². The minimum atomic E-state index is 0.588. The van der Waals surface area contributed by atoms with Crippen LogP contribution in [0.3, 0.4) is 0 Å². The van der Waals surface area contributed by atoms with Gasteiger partial charge in [0, 0.05) is 80.8 Å². The number of aryl methyl sites for hydroxylation is 9. The van der Waals surface area contributed by atoms with Crippen LogP contribution in [0.15, 0.2) is 297 Å². The molecule has 0 bridgehead atoms. The summed E-state index contributed by atoms with van der Waals surface area (Å²) in [6, 6.07) is 81.0. The fourth-order valence-corrected chi connectivity index (χ4v) is 14.9. The van der Waals surface area contributed by atoms with Crippen LogP contribution < -0.4 is 18.3 Å². The second-order valence-corrected chi connectivity index (χ2v) is 26.9. The van der Waals surface area contributed by atoms with Crippen molar-refractivity contribution in [2.75, 3.05) is 0 Å². The molecule has 0 amide bonds. The van der Waals surface area contributed by atoms with Crippen LogP contribution >= 0.6 is 0 Å². The van der Waals surface area contributed by atoms with Crippen LogP contribution in [0.1, 0.15) is 27.8 Å². The van der Waals surface area contributed by atoms with Gasteiger partial charge < -0.3 is 35.3 Å². The molecule has 0 atom stereocenters. The molecule has 9 aromatic carbocycles. The number of furan rings is 8. The molecule has 498 valence electrons. The maximum atomic E-state index is 6.32. The van der Waals surface area contributed by atoms with Gasteiger partial charge in [0.1, 0.15) is 67.3 Å². The molecule has 103 heavy (non-hydrogen) atoms. The number of nitrogens with zero attached hydrogens (tertiary/aromatic N) is 4. The van der Waals surface area contributed by atoms with Gasteiger partial charge in [-0.05, 0) is 158 Å². The summed E-state index contributed by atoms with van der Waals surface area (Å²) in [4.78, 5) is 0. The Hall–Kier alpha value is -13.1. The quantitative estimate of drug-likeness (QED) is 0.156. The molecule has 12 heterocycles. The molecular weight excluding hydrogens is 1280 g/mol. The van der Waals surface area contributed by atoms with Crippen LogP contribution in [0, 0.1) is 34.6 Å². The molecule has 12 aromatic heterocycles. The maximum absolute atomic E-state index is 6.32. The normalized spacial score (nSPS) is 11.7. The van der Waals surface area contributed by atoms with Crippen molar-refractivity contribution >= 4 is 132 Å². The zero-order chi connectivity index (χ0) is 69.9. The molecular formula is C91H70N4O8+4. The highest BCUT2D eigenvalue weighted by Gasteiger charge is 2.27. The van der Waals surface area contributed by atoms with Crippen molar-refractivity contribution in [1.29, 1.82) is 0 Å². The van der Waals surface area contributed by atoms with Gasteiger partial charge in [-0.15, -0.1) is 0 Å². The molecule has 0 saturated heterocycles. The van der Waals surface area contributed by atoms with Crippen LogP contribution in [0.2, 0.25) is 0 Å². The highest BCUT2D eigenvalue weighted by Crippen LogP contribution is 2.45. The van der Waals surface area contributed by atoms with Gasteiger partial charge in [0.2, 0.25) is 22.8 Å². The first-order valence-electron chi connectivity index (χ1n) is 34.6. The van der Waals surface area contributed by atoms with E-state index in [1.54, 1.807) is 0 Å². The van der Waals surface area contributed by atoms with E-state index in [0.717, 1.165) is 143 Å². The molecule has 21 aromatic rings. The Morgan fingerprint density at radius 3 is 1.14 bits per heavy atom. The minimum Gasteiger partial charge on any atom is -0.452 e. The third-order valence-electron chi connectivity index (χ3n) is 20.2. The molecule has 12 nitrogen and oxygen atoms in total. The average molecular weight is 1350 g/mol. The predicted octanol–water partition coefficient (Wildman–Crippen LogP) is 22.5. The SMILES string of the molecule is Cc1cc2c(cc1-c1cc(-c3ccccc3)cc[n+]1C)oc1oc3ccccc3c12.Cc1cc2c(cc1-c1cccc[n+]1C)oc1oc3ccccc3c12.Cc1cc[n+](C)c(-c2cc3oc4oc5ccccc5c4c3cc2C)c1.Cc1ccc2c(oc3c4ccccc4oc23)c1-c1cccc[n+]1C. The third kappa shape index (κ3) is 10.6. The number of pyridine rings is 4. The summed E-state index contributed by atoms with van der Waals surface area (Å²) in [7, 11) is 8.26. The van der Waals surface area contributed by atoms with Gasteiger partial charge >= 0.3 is 0 Å². The molecule has 0 aliphatic carbocycles. The fraction of sp³-hybridized carbons (Fsp3) is 0.0989. The minimum absolute atomic E-state index is 0.588. The van der Waals surface area contributed by atoms with Gasteiger partial charge in [0.25, 0.3) is 17.3 Å². The van der Waals surface area contributed by atoms with Gasteiger partial charge in [-0.25, -0.2) is 18.3 Å². The van der Waals surface area contributed by atoms with Gasteiger partial charge in [-0.1, -0.05) is 103 Å². The van der Waals surface area contributed by atoms with Crippen molar-refractivity contribution < 1.29 is 53.6 Å². The summed E-state index contributed by atoms with van der Waals surface area (Å²) in [5, 5.41) is 11.8. The van der Waals surface area contributed by atoms with Crippen molar-refractivity contribution in [1.82, 2.24) is 0 Å². The highest BCUT2D eigenvalue weighted by atomic mass is 16.5. The van der Waals surface area contributed by atoms with E-state index in [2.05, 4.69) is 245 Å². The van der Waals surface area contributed by atoms with Gasteiger partial charge in [-0.2, -0.15) is 0 Å². The zero-order valence-electron chi connectivity index (χ0n) is 58.4. The first-order valence-corrected chi connectivity index (χ1v) is 34.6. The average Bonchev–Trinajstić information content (AvgIpc) is 1.61. The van der Waals surface area contributed by atoms with E-state index in [1.807, 2.05) is 97.1 Å². The van der Waals surface area contributed by atoms with E-state index < -0.39 is 0 Å². The zero-order valence-corrected chi connectivity index (χ0v) is 58.4. The molecule has 12 heteroatoms. The van der Waals surface area contributed by atoms with E-state index in [-0.39, 0.29) is 0 Å². The number of para-hydroxylation sites is 4. The van der Waals surface area contributed by atoms with Crippen LogP contribution in [0.5, 0.6) is 0 Å². The van der Waals surface area contributed by atoms with Crippen LogP contribution in [-0.2, 0) is 28.2 Å². The van der Waals surface area contributed by atoms with E-state index in [0.29, 0.717) is 17.3 Å². The van der Waals surface area contributed by atoms with E-state index in [9.17, 15) is 0 Å². The smallest absolute Gasteiger partial charge is 0.299 e. The van der Waals surface area contributed by atoms with Crippen LogP contribution in [0.25, 0.3) is 189 Å². The Bertz CT molecular complexity index is 6940. The lowest BCUT2D eigenvalue weighted by molar-refractivity contribution is -0.660. The summed E-state index contributed by atoms with van der Waals surface area (Å²) in [6.07, 6.45) is 8.31. The number of hydrogen-bond acceptors (Lipinski definition) is 8. The van der Waals surface area contributed by atoms with Gasteiger partial charge in [-0.3, -0.25) is 0 Å². The standard InChI is InChI=1S/C27H20NO2.C22H18NO2.2C21H16NO2/c1-17-14-22-25(30-27-26(22)20-10-6-7-11-24(20)29-27)16-21(17)23-15-19(12-13-28(23)2)18-8-4-3-5-9-18;1-13-8-9-23(3)18(10-13)16-12-20-17(11-14(16)2)21-15-6-4-5-7-19(15)24-22(21)25-20;1-13-10-11-15-19(18(13)16-8-5-6-12-22(16)2)24-20-14-7-3-4-9-17(14)23-21(15)20;1-13-11-16-19(12-15(13)17-8-5-6-10-22(17)2)24-21-20(16)14-7-3-4-9-18(14)23-21/h3-16H,1-2H3;4-12H,1-3H3;2*3-12H,1-2H3/q4*+1. The molecule has 0 fully saturated rings. The van der Waals surface area contributed by atoms with Crippen molar-refractivity contribution in [3.05, 3.63) is 289 Å². The van der Waals surface area contributed by atoms with Crippen molar-refractivity contribution in [3.8, 4) is 56.2 Å². The first kappa shape index (κ1) is 62.2. The van der Waals surface area contributed by atoms with Crippen LogP contribution in [-0.4, -0.2) is 0 Å². The molecule has 21 rings (SSSR count).